The number of benzene rings is 2. The molecule has 186 valence electrons. The van der Waals surface area contributed by atoms with Crippen LogP contribution in [0.4, 0.5) is 10.7 Å². The van der Waals surface area contributed by atoms with Crippen molar-refractivity contribution < 1.29 is 19.1 Å². The molecule has 9 heteroatoms. The number of anilines is 1. The Morgan fingerprint density at radius 1 is 1.03 bits per heavy atom. The summed E-state index contributed by atoms with van der Waals surface area (Å²) in [6.07, 6.45) is 4.77. The van der Waals surface area contributed by atoms with E-state index in [1.54, 1.807) is 58.6 Å². The van der Waals surface area contributed by atoms with Crippen molar-refractivity contribution in [2.24, 2.45) is 0 Å². The molecule has 0 aliphatic heterocycles. The van der Waals surface area contributed by atoms with E-state index >= 15 is 0 Å². The molecule has 0 saturated heterocycles. The zero-order valence-electron chi connectivity index (χ0n) is 20.7. The van der Waals surface area contributed by atoms with Crippen molar-refractivity contribution in [1.29, 1.82) is 0 Å². The quantitative estimate of drug-likeness (QED) is 0.348. The van der Waals surface area contributed by atoms with Gasteiger partial charge in [0.15, 0.2) is 0 Å². The van der Waals surface area contributed by atoms with Gasteiger partial charge in [0.1, 0.15) is 17.4 Å². The van der Waals surface area contributed by atoms with E-state index in [1.807, 2.05) is 36.4 Å². The van der Waals surface area contributed by atoms with Crippen LogP contribution in [0, 0.1) is 0 Å². The average Bonchev–Trinajstić information content (AvgIpc) is 3.31. The molecule has 1 atom stereocenters. The van der Waals surface area contributed by atoms with Crippen molar-refractivity contribution in [2.45, 2.75) is 38.8 Å². The summed E-state index contributed by atoms with van der Waals surface area (Å²) >= 11 is 0. The summed E-state index contributed by atoms with van der Waals surface area (Å²) in [6, 6.07) is 14.3. The summed E-state index contributed by atoms with van der Waals surface area (Å²) in [5.74, 6) is 0.547. The highest BCUT2D eigenvalue weighted by molar-refractivity contribution is 5.96. The largest absolute Gasteiger partial charge is 0.497 e. The highest BCUT2D eigenvalue weighted by atomic mass is 16.6. The van der Waals surface area contributed by atoms with Gasteiger partial charge < -0.3 is 19.8 Å². The molecule has 0 spiro atoms. The predicted octanol–water partition coefficient (Wildman–Crippen LogP) is 4.71. The molecule has 0 bridgehead atoms. The number of rotatable bonds is 7. The van der Waals surface area contributed by atoms with E-state index in [-0.39, 0.29) is 12.4 Å². The first-order valence-corrected chi connectivity index (χ1v) is 11.5. The van der Waals surface area contributed by atoms with Gasteiger partial charge in [-0.2, -0.15) is 0 Å². The summed E-state index contributed by atoms with van der Waals surface area (Å²) in [7, 11) is 1.59. The molecule has 0 unspecified atom stereocenters. The zero-order valence-corrected chi connectivity index (χ0v) is 20.7. The molecule has 3 N–H and O–H groups in total. The molecule has 0 fully saturated rings. The van der Waals surface area contributed by atoms with Crippen LogP contribution in [0.15, 0.2) is 67.1 Å². The third-order valence-corrected chi connectivity index (χ3v) is 5.38. The van der Waals surface area contributed by atoms with Crippen molar-refractivity contribution in [3.8, 4) is 17.0 Å². The Bertz CT molecular complexity index is 1360. The Balaban J connectivity index is 1.50. The lowest BCUT2D eigenvalue weighted by molar-refractivity contribution is -0.118. The van der Waals surface area contributed by atoms with Crippen molar-refractivity contribution in [2.75, 3.05) is 12.4 Å². The summed E-state index contributed by atoms with van der Waals surface area (Å²) in [6.45, 7) is 5.29. The number of carbonyl (C=O) groups is 2. The maximum atomic E-state index is 13.2. The summed E-state index contributed by atoms with van der Waals surface area (Å²) in [5, 5.41) is 7.52. The molecule has 2 amide bonds. The van der Waals surface area contributed by atoms with Gasteiger partial charge in [0.05, 0.1) is 19.0 Å². The first-order chi connectivity index (χ1) is 17.2. The van der Waals surface area contributed by atoms with Crippen LogP contribution in [0.25, 0.3) is 22.0 Å². The van der Waals surface area contributed by atoms with Gasteiger partial charge in [-0.1, -0.05) is 24.3 Å². The van der Waals surface area contributed by atoms with Crippen LogP contribution < -0.4 is 15.4 Å². The number of alkyl carbamates (subject to hydrolysis) is 1. The Kier molecular flexibility index (Phi) is 7.19. The van der Waals surface area contributed by atoms with E-state index < -0.39 is 23.6 Å². The van der Waals surface area contributed by atoms with Gasteiger partial charge in [-0.15, -0.1) is 0 Å². The van der Waals surface area contributed by atoms with Crippen LogP contribution in [-0.2, 0) is 16.0 Å². The minimum atomic E-state index is -0.894. The monoisotopic (exact) mass is 487 g/mol. The maximum Gasteiger partial charge on any atom is 0.408 e. The van der Waals surface area contributed by atoms with Gasteiger partial charge in [-0.25, -0.2) is 9.78 Å². The number of amides is 2. The molecule has 0 radical (unpaired) electrons. The highest BCUT2D eigenvalue weighted by Gasteiger charge is 2.25. The van der Waals surface area contributed by atoms with Crippen LogP contribution in [0.5, 0.6) is 5.75 Å². The van der Waals surface area contributed by atoms with Gasteiger partial charge in [-0.05, 0) is 56.0 Å². The normalized spacial score (nSPS) is 12.1. The summed E-state index contributed by atoms with van der Waals surface area (Å²) in [4.78, 5) is 37.2. The zero-order chi connectivity index (χ0) is 25.7. The Morgan fingerprint density at radius 3 is 2.53 bits per heavy atom. The standard InChI is InChI=1S/C27H29N5O4/c1-27(2,3)36-26(34)31-22(13-17-5-9-21(35-4)10-6-17)24(33)32-25-29-16-23(30-25)19-7-8-20-15-28-12-11-18(20)14-19/h5-12,14-16,22H,13H2,1-4H3,(H,31,34)(H2,29,30,32,33)/t22-/m0/s1. The van der Waals surface area contributed by atoms with Crippen LogP contribution >= 0.6 is 0 Å². The van der Waals surface area contributed by atoms with E-state index in [0.717, 1.165) is 27.6 Å². The first kappa shape index (κ1) is 24.7. The fourth-order valence-electron chi connectivity index (χ4n) is 3.64. The number of hydrogen-bond acceptors (Lipinski definition) is 6. The maximum absolute atomic E-state index is 13.2. The van der Waals surface area contributed by atoms with Gasteiger partial charge in [-0.3, -0.25) is 15.1 Å². The number of aromatic amines is 1. The molecule has 2 heterocycles. The number of H-pyrrole nitrogens is 1. The third-order valence-electron chi connectivity index (χ3n) is 5.38. The highest BCUT2D eigenvalue weighted by Crippen LogP contribution is 2.23. The molecule has 2 aromatic heterocycles. The van der Waals surface area contributed by atoms with Gasteiger partial charge in [0.2, 0.25) is 11.9 Å². The number of nitrogens with zero attached hydrogens (tertiary/aromatic N) is 2. The van der Waals surface area contributed by atoms with Crippen LogP contribution in [-0.4, -0.2) is 45.7 Å². The number of aromatic nitrogens is 3. The van der Waals surface area contributed by atoms with E-state index in [1.165, 1.54) is 0 Å². The second-order valence-corrected chi connectivity index (χ2v) is 9.32. The number of nitrogens with one attached hydrogen (secondary N) is 3. The molecule has 2 aromatic carbocycles. The molecule has 36 heavy (non-hydrogen) atoms. The summed E-state index contributed by atoms with van der Waals surface area (Å²) < 4.78 is 10.6. The molecular formula is C27H29N5O4. The number of fused-ring (bicyclic) bond motifs is 1. The van der Waals surface area contributed by atoms with E-state index in [2.05, 4.69) is 25.6 Å². The fourth-order valence-corrected chi connectivity index (χ4v) is 3.64. The van der Waals surface area contributed by atoms with E-state index in [9.17, 15) is 9.59 Å². The number of imidazole rings is 1. The lowest BCUT2D eigenvalue weighted by atomic mass is 10.1. The lowest BCUT2D eigenvalue weighted by Gasteiger charge is -2.23. The molecular weight excluding hydrogens is 458 g/mol. The Hall–Kier alpha value is -4.40. The lowest BCUT2D eigenvalue weighted by Crippen LogP contribution is -2.47. The summed E-state index contributed by atoms with van der Waals surface area (Å²) in [5.41, 5.74) is 1.81. The number of hydrogen-bond donors (Lipinski definition) is 3. The molecule has 9 nitrogen and oxygen atoms in total. The number of ether oxygens (including phenoxy) is 2. The minimum Gasteiger partial charge on any atom is -0.497 e. The smallest absolute Gasteiger partial charge is 0.408 e. The second kappa shape index (κ2) is 10.5. The molecule has 4 rings (SSSR count). The van der Waals surface area contributed by atoms with Crippen LogP contribution in [0.2, 0.25) is 0 Å². The molecule has 0 aliphatic rings. The Morgan fingerprint density at radius 2 is 1.81 bits per heavy atom. The van der Waals surface area contributed by atoms with Gasteiger partial charge >= 0.3 is 6.09 Å². The predicted molar refractivity (Wildman–Crippen MR) is 138 cm³/mol. The molecule has 4 aromatic rings. The van der Waals surface area contributed by atoms with Crippen LogP contribution in [0.1, 0.15) is 26.3 Å². The number of methoxy groups -OCH3 is 1. The second-order valence-electron chi connectivity index (χ2n) is 9.32. The van der Waals surface area contributed by atoms with E-state index in [0.29, 0.717) is 5.75 Å². The minimum absolute atomic E-state index is 0.251. The van der Waals surface area contributed by atoms with E-state index in [4.69, 9.17) is 9.47 Å². The third kappa shape index (κ3) is 6.38. The SMILES string of the molecule is COc1ccc(C[C@H](NC(=O)OC(C)(C)C)C(=O)Nc2ncc(-c3ccc4cnccc4c3)[nH]2)cc1. The molecule has 0 aliphatic carbocycles. The fraction of sp³-hybridized carbons (Fsp3) is 0.259. The number of carbonyl (C=O) groups excluding carboxylic acids is 2. The topological polar surface area (TPSA) is 118 Å². The van der Waals surface area contributed by atoms with Crippen molar-refractivity contribution in [3.05, 3.63) is 72.7 Å². The van der Waals surface area contributed by atoms with Crippen molar-refractivity contribution in [3.63, 3.8) is 0 Å². The van der Waals surface area contributed by atoms with Crippen LogP contribution in [0.3, 0.4) is 0 Å². The first-order valence-electron chi connectivity index (χ1n) is 11.5. The average molecular weight is 488 g/mol. The van der Waals surface area contributed by atoms with Crippen molar-refractivity contribution in [1.82, 2.24) is 20.3 Å². The van der Waals surface area contributed by atoms with Gasteiger partial charge in [0, 0.05) is 29.8 Å². The molecule has 0 saturated carbocycles. The van der Waals surface area contributed by atoms with Gasteiger partial charge in [0.25, 0.3) is 0 Å². The van der Waals surface area contributed by atoms with Crippen molar-refractivity contribution >= 4 is 28.7 Å². The number of pyridine rings is 1. The Labute approximate surface area is 209 Å².